The summed E-state index contributed by atoms with van der Waals surface area (Å²) in [7, 11) is 0. The van der Waals surface area contributed by atoms with Gasteiger partial charge in [-0.1, -0.05) is 63.7 Å². The zero-order valence-corrected chi connectivity index (χ0v) is 16.5. The molecule has 1 aromatic carbocycles. The van der Waals surface area contributed by atoms with Crippen molar-refractivity contribution in [2.24, 2.45) is 5.92 Å². The molecule has 26 heavy (non-hydrogen) atoms. The van der Waals surface area contributed by atoms with Crippen LogP contribution in [-0.4, -0.2) is 5.11 Å². The van der Waals surface area contributed by atoms with E-state index in [1.165, 1.54) is 56.1 Å². The van der Waals surface area contributed by atoms with Crippen molar-refractivity contribution < 1.29 is 9.84 Å². The lowest BCUT2D eigenvalue weighted by molar-refractivity contribution is 0.275. The number of aryl methyl sites for hydroxylation is 1. The van der Waals surface area contributed by atoms with Crippen molar-refractivity contribution in [3.05, 3.63) is 47.2 Å². The molecule has 0 bridgehead atoms. The van der Waals surface area contributed by atoms with Gasteiger partial charge in [-0.2, -0.15) is 0 Å². The Balaban J connectivity index is 1.65. The second-order valence-electron chi connectivity index (χ2n) is 8.15. The number of rotatable bonds is 8. The Morgan fingerprint density at radius 3 is 2.62 bits per heavy atom. The number of unbranched alkanes of at least 4 members (excludes halogenated alkanes) is 6. The Bertz CT molecular complexity index is 671. The highest BCUT2D eigenvalue weighted by Gasteiger charge is 2.36. The number of phenols is 1. The summed E-state index contributed by atoms with van der Waals surface area (Å²) in [5.41, 5.74) is 3.54. The zero-order chi connectivity index (χ0) is 18.5. The minimum atomic E-state index is 0.215. The van der Waals surface area contributed by atoms with Crippen LogP contribution in [0.4, 0.5) is 0 Å². The Labute approximate surface area is 159 Å². The van der Waals surface area contributed by atoms with E-state index in [1.807, 2.05) is 6.07 Å². The first-order chi connectivity index (χ1) is 12.6. The maximum Gasteiger partial charge on any atom is 0.134 e. The third-order valence-electron chi connectivity index (χ3n) is 5.98. The van der Waals surface area contributed by atoms with Crippen LogP contribution in [0.1, 0.15) is 88.7 Å². The Morgan fingerprint density at radius 1 is 1.12 bits per heavy atom. The summed E-state index contributed by atoms with van der Waals surface area (Å²) in [6.45, 7) is 8.60. The Morgan fingerprint density at radius 2 is 1.85 bits per heavy atom. The average molecular weight is 355 g/mol. The smallest absolute Gasteiger partial charge is 0.134 e. The Hall–Kier alpha value is -1.70. The predicted molar refractivity (Wildman–Crippen MR) is 109 cm³/mol. The van der Waals surface area contributed by atoms with Crippen molar-refractivity contribution in [1.29, 1.82) is 0 Å². The molecule has 2 atom stereocenters. The van der Waals surface area contributed by atoms with E-state index in [2.05, 4.69) is 32.6 Å². The summed E-state index contributed by atoms with van der Waals surface area (Å²) in [4.78, 5) is 0. The monoisotopic (exact) mass is 354 g/mol. The number of allylic oxidation sites excluding steroid dienone is 3. The van der Waals surface area contributed by atoms with E-state index in [9.17, 15) is 5.11 Å². The first-order valence-electron chi connectivity index (χ1n) is 10.5. The van der Waals surface area contributed by atoms with Crippen LogP contribution in [0.25, 0.3) is 0 Å². The molecule has 1 aromatic rings. The van der Waals surface area contributed by atoms with E-state index in [4.69, 9.17) is 4.74 Å². The van der Waals surface area contributed by atoms with Crippen molar-refractivity contribution in [3.8, 4) is 11.5 Å². The van der Waals surface area contributed by atoms with Crippen molar-refractivity contribution in [2.75, 3.05) is 0 Å². The molecule has 0 unspecified atom stereocenters. The number of benzene rings is 1. The van der Waals surface area contributed by atoms with Crippen LogP contribution >= 0.6 is 0 Å². The largest absolute Gasteiger partial charge is 0.507 e. The molecule has 142 valence electrons. The molecule has 2 nitrogen and oxygen atoms in total. The first-order valence-corrected chi connectivity index (χ1v) is 10.5. The summed E-state index contributed by atoms with van der Waals surface area (Å²) < 4.78 is 6.05. The van der Waals surface area contributed by atoms with E-state index < -0.39 is 0 Å². The van der Waals surface area contributed by atoms with Crippen LogP contribution in [0.15, 0.2) is 36.1 Å². The third kappa shape index (κ3) is 4.34. The molecule has 2 heteroatoms. The molecule has 0 aromatic heterocycles. The SMILES string of the molecule is C=C1Oc2cc(CCCCCCCCC)cc(O)c2[C@@H]2C=C(C)CC[C@@H]12. The Kier molecular flexibility index (Phi) is 6.45. The second kappa shape index (κ2) is 8.79. The van der Waals surface area contributed by atoms with E-state index >= 15 is 0 Å². The van der Waals surface area contributed by atoms with E-state index in [0.717, 1.165) is 36.3 Å². The lowest BCUT2D eigenvalue weighted by Gasteiger charge is -2.37. The van der Waals surface area contributed by atoms with Gasteiger partial charge in [-0.25, -0.2) is 0 Å². The van der Waals surface area contributed by atoms with Gasteiger partial charge in [0.15, 0.2) is 0 Å². The fraction of sp³-hybridized carbons (Fsp3) is 0.583. The zero-order valence-electron chi connectivity index (χ0n) is 16.5. The van der Waals surface area contributed by atoms with Crippen LogP contribution in [0.2, 0.25) is 0 Å². The highest BCUT2D eigenvalue weighted by Crippen LogP contribution is 2.51. The minimum absolute atomic E-state index is 0.215. The van der Waals surface area contributed by atoms with Gasteiger partial charge in [0.25, 0.3) is 0 Å². The molecular formula is C24H34O2. The molecule has 1 heterocycles. The van der Waals surface area contributed by atoms with Gasteiger partial charge < -0.3 is 9.84 Å². The summed E-state index contributed by atoms with van der Waals surface area (Å²) in [6, 6.07) is 4.09. The lowest BCUT2D eigenvalue weighted by Crippen LogP contribution is -2.25. The average Bonchev–Trinajstić information content (AvgIpc) is 2.60. The number of fused-ring (bicyclic) bond motifs is 3. The van der Waals surface area contributed by atoms with Crippen LogP contribution < -0.4 is 4.74 Å². The van der Waals surface area contributed by atoms with E-state index in [-0.39, 0.29) is 5.92 Å². The van der Waals surface area contributed by atoms with E-state index in [1.54, 1.807) is 0 Å². The van der Waals surface area contributed by atoms with Crippen molar-refractivity contribution in [1.82, 2.24) is 0 Å². The van der Waals surface area contributed by atoms with Crippen molar-refractivity contribution >= 4 is 0 Å². The summed E-state index contributed by atoms with van der Waals surface area (Å²) in [5, 5.41) is 10.7. The van der Waals surface area contributed by atoms with Gasteiger partial charge in [0.2, 0.25) is 0 Å². The number of aromatic hydroxyl groups is 1. The standard InChI is InChI=1S/C24H34O2/c1-4-5-6-7-8-9-10-11-19-15-22(25)24-21-14-17(2)12-13-20(21)18(3)26-23(24)16-19/h14-16,20-21,25H,3-13H2,1-2H3/t20-,21+/m0/s1. The third-order valence-corrected chi connectivity index (χ3v) is 5.98. The van der Waals surface area contributed by atoms with E-state index in [0.29, 0.717) is 11.7 Å². The fourth-order valence-corrected chi connectivity index (χ4v) is 4.45. The maximum absolute atomic E-state index is 10.7. The highest BCUT2D eigenvalue weighted by molar-refractivity contribution is 5.54. The number of phenolic OH excluding ortho intramolecular Hbond substituents is 1. The van der Waals surface area contributed by atoms with Crippen LogP contribution in [-0.2, 0) is 6.42 Å². The molecule has 0 fully saturated rings. The minimum Gasteiger partial charge on any atom is -0.507 e. The molecule has 0 radical (unpaired) electrons. The molecule has 3 rings (SSSR count). The number of hydrogen-bond donors (Lipinski definition) is 1. The fourth-order valence-electron chi connectivity index (χ4n) is 4.45. The topological polar surface area (TPSA) is 29.5 Å². The molecule has 0 saturated carbocycles. The van der Waals surface area contributed by atoms with Gasteiger partial charge in [-0.15, -0.1) is 0 Å². The van der Waals surface area contributed by atoms with Crippen LogP contribution in [0, 0.1) is 5.92 Å². The summed E-state index contributed by atoms with van der Waals surface area (Å²) in [6.07, 6.45) is 14.6. The molecule has 0 amide bonds. The number of hydrogen-bond acceptors (Lipinski definition) is 2. The van der Waals surface area contributed by atoms with Crippen LogP contribution in [0.3, 0.4) is 0 Å². The first kappa shape index (κ1) is 19.1. The maximum atomic E-state index is 10.7. The quantitative estimate of drug-likeness (QED) is 0.401. The highest BCUT2D eigenvalue weighted by atomic mass is 16.5. The van der Waals surface area contributed by atoms with Crippen molar-refractivity contribution in [3.63, 3.8) is 0 Å². The summed E-state index contributed by atoms with van der Waals surface area (Å²) in [5.74, 6) is 2.59. The van der Waals surface area contributed by atoms with Crippen molar-refractivity contribution in [2.45, 2.75) is 84.0 Å². The van der Waals surface area contributed by atoms with Gasteiger partial charge in [0, 0.05) is 17.4 Å². The van der Waals surface area contributed by atoms with Crippen LogP contribution in [0.5, 0.6) is 11.5 Å². The molecular weight excluding hydrogens is 320 g/mol. The van der Waals surface area contributed by atoms with Gasteiger partial charge in [-0.05, 0) is 50.3 Å². The molecule has 1 N–H and O–H groups in total. The molecule has 0 saturated heterocycles. The normalized spacial score (nSPS) is 21.6. The molecule has 1 aliphatic carbocycles. The predicted octanol–water partition coefficient (Wildman–Crippen LogP) is 7.03. The second-order valence-corrected chi connectivity index (χ2v) is 8.15. The molecule has 0 spiro atoms. The van der Waals surface area contributed by atoms with Gasteiger partial charge in [0.05, 0.1) is 0 Å². The lowest BCUT2D eigenvalue weighted by atomic mass is 9.74. The molecule has 2 aliphatic rings. The van der Waals surface area contributed by atoms with Gasteiger partial charge >= 0.3 is 0 Å². The summed E-state index contributed by atoms with van der Waals surface area (Å²) >= 11 is 0. The van der Waals surface area contributed by atoms with Gasteiger partial charge in [0.1, 0.15) is 17.3 Å². The molecule has 1 aliphatic heterocycles. The number of ether oxygens (including phenoxy) is 1. The van der Waals surface area contributed by atoms with Gasteiger partial charge in [-0.3, -0.25) is 0 Å².